The van der Waals surface area contributed by atoms with Crippen molar-refractivity contribution in [1.29, 1.82) is 0 Å². The van der Waals surface area contributed by atoms with E-state index < -0.39 is 5.97 Å². The molecule has 1 atom stereocenters. The van der Waals surface area contributed by atoms with Crippen LogP contribution in [-0.2, 0) is 4.79 Å². The largest absolute Gasteiger partial charge is 0.481 e. The van der Waals surface area contributed by atoms with Gasteiger partial charge in [0.15, 0.2) is 0 Å². The second-order valence-corrected chi connectivity index (χ2v) is 5.12. The van der Waals surface area contributed by atoms with Gasteiger partial charge < -0.3 is 10.4 Å². The van der Waals surface area contributed by atoms with Gasteiger partial charge >= 0.3 is 5.97 Å². The van der Waals surface area contributed by atoms with E-state index in [1.165, 1.54) is 4.90 Å². The first-order valence-electron chi connectivity index (χ1n) is 5.86. The van der Waals surface area contributed by atoms with E-state index >= 15 is 0 Å². The molecule has 0 amide bonds. The van der Waals surface area contributed by atoms with Crippen LogP contribution in [-0.4, -0.2) is 23.4 Å². The van der Waals surface area contributed by atoms with Crippen LogP contribution >= 0.6 is 11.8 Å². The highest BCUT2D eigenvalue weighted by molar-refractivity contribution is 7.99. The third-order valence-electron chi connectivity index (χ3n) is 2.56. The Morgan fingerprint density at radius 2 is 2.00 bits per heavy atom. The molecule has 1 aromatic rings. The Labute approximate surface area is 107 Å². The minimum atomic E-state index is -0.738. The molecule has 3 nitrogen and oxygen atoms in total. The molecule has 1 rings (SSSR count). The first kappa shape index (κ1) is 13.9. The summed E-state index contributed by atoms with van der Waals surface area (Å²) in [4.78, 5) is 12.1. The van der Waals surface area contributed by atoms with Crippen molar-refractivity contribution >= 4 is 23.4 Å². The van der Waals surface area contributed by atoms with Crippen LogP contribution in [0.5, 0.6) is 0 Å². The normalized spacial score (nSPS) is 12.1. The summed E-state index contributed by atoms with van der Waals surface area (Å²) in [6, 6.07) is 8.09. The van der Waals surface area contributed by atoms with Crippen LogP contribution in [0, 0.1) is 5.92 Å². The van der Waals surface area contributed by atoms with Crippen LogP contribution < -0.4 is 5.32 Å². The zero-order chi connectivity index (χ0) is 12.7. The second-order valence-electron chi connectivity index (χ2n) is 3.78. The lowest BCUT2D eigenvalue weighted by Crippen LogP contribution is -2.21. The van der Waals surface area contributed by atoms with E-state index in [0.717, 1.165) is 11.4 Å². The fourth-order valence-corrected chi connectivity index (χ4v) is 2.14. The molecule has 2 N–H and O–H groups in total. The molecule has 0 aliphatic heterocycles. The quantitative estimate of drug-likeness (QED) is 0.732. The molecule has 0 saturated carbocycles. The number of carboxylic acid groups (broad SMARTS) is 1. The first-order valence-corrected chi connectivity index (χ1v) is 6.85. The van der Waals surface area contributed by atoms with Crippen LogP contribution in [0.25, 0.3) is 0 Å². The van der Waals surface area contributed by atoms with Crippen LogP contribution in [0.2, 0.25) is 0 Å². The summed E-state index contributed by atoms with van der Waals surface area (Å²) in [7, 11) is 0. The zero-order valence-corrected chi connectivity index (χ0v) is 11.1. The topological polar surface area (TPSA) is 49.3 Å². The predicted octanol–water partition coefficient (Wildman–Crippen LogP) is 3.32. The molecular formula is C13H19NO2S. The smallest absolute Gasteiger partial charge is 0.308 e. The minimum Gasteiger partial charge on any atom is -0.481 e. The first-order chi connectivity index (χ1) is 8.17. The fourth-order valence-electron chi connectivity index (χ4n) is 1.48. The Hall–Kier alpha value is -1.16. The standard InChI is InChI=1S/C13H19NO2S/c1-3-10(13(15)16)9-14-11-5-7-12(8-6-11)17-4-2/h5-8,10,14H,3-4,9H2,1-2H3,(H,15,16). The van der Waals surface area contributed by atoms with Crippen LogP contribution in [0.1, 0.15) is 20.3 Å². The number of hydrogen-bond donors (Lipinski definition) is 2. The van der Waals surface area contributed by atoms with E-state index in [9.17, 15) is 4.79 Å². The molecule has 0 aromatic heterocycles. The SMILES string of the molecule is CCSc1ccc(NCC(CC)C(=O)O)cc1. The second kappa shape index (κ2) is 7.22. The number of anilines is 1. The Morgan fingerprint density at radius 1 is 1.35 bits per heavy atom. The minimum absolute atomic E-state index is 0.320. The van der Waals surface area contributed by atoms with Crippen molar-refractivity contribution in [3.63, 3.8) is 0 Å². The molecule has 0 fully saturated rings. The number of carboxylic acids is 1. The van der Waals surface area contributed by atoms with Gasteiger partial charge in [-0.2, -0.15) is 0 Å². The molecule has 0 radical (unpaired) electrons. The van der Waals surface area contributed by atoms with Gasteiger partial charge in [0.05, 0.1) is 5.92 Å². The van der Waals surface area contributed by atoms with Gasteiger partial charge in [0.2, 0.25) is 0 Å². The highest BCUT2D eigenvalue weighted by Crippen LogP contribution is 2.20. The summed E-state index contributed by atoms with van der Waals surface area (Å²) in [5.74, 6) is 0.00168. The van der Waals surface area contributed by atoms with Gasteiger partial charge in [0, 0.05) is 17.1 Å². The molecule has 4 heteroatoms. The van der Waals surface area contributed by atoms with E-state index in [2.05, 4.69) is 24.4 Å². The number of carbonyl (C=O) groups is 1. The van der Waals surface area contributed by atoms with Gasteiger partial charge in [0.1, 0.15) is 0 Å². The summed E-state index contributed by atoms with van der Waals surface area (Å²) in [5.41, 5.74) is 0.977. The summed E-state index contributed by atoms with van der Waals surface area (Å²) in [5, 5.41) is 12.1. The molecule has 94 valence electrons. The Balaban J connectivity index is 2.49. The molecule has 0 aliphatic carbocycles. The number of thioether (sulfide) groups is 1. The molecule has 0 spiro atoms. The van der Waals surface area contributed by atoms with Gasteiger partial charge in [-0.05, 0) is 36.4 Å². The Morgan fingerprint density at radius 3 is 2.47 bits per heavy atom. The number of nitrogens with one attached hydrogen (secondary N) is 1. The maximum absolute atomic E-state index is 10.8. The zero-order valence-electron chi connectivity index (χ0n) is 10.3. The fraction of sp³-hybridized carbons (Fsp3) is 0.462. The highest BCUT2D eigenvalue weighted by atomic mass is 32.2. The lowest BCUT2D eigenvalue weighted by atomic mass is 10.1. The van der Waals surface area contributed by atoms with E-state index in [-0.39, 0.29) is 5.92 Å². The lowest BCUT2D eigenvalue weighted by molar-refractivity contribution is -0.141. The van der Waals surface area contributed by atoms with Gasteiger partial charge in [-0.1, -0.05) is 13.8 Å². The number of rotatable bonds is 7. The van der Waals surface area contributed by atoms with Crippen molar-refractivity contribution in [2.45, 2.75) is 25.2 Å². The van der Waals surface area contributed by atoms with Crippen LogP contribution in [0.4, 0.5) is 5.69 Å². The molecule has 1 aromatic carbocycles. The van der Waals surface area contributed by atoms with Crippen molar-refractivity contribution < 1.29 is 9.90 Å². The maximum Gasteiger partial charge on any atom is 0.308 e. The van der Waals surface area contributed by atoms with Crippen LogP contribution in [0.15, 0.2) is 29.2 Å². The molecule has 0 saturated heterocycles. The maximum atomic E-state index is 10.8. The Kier molecular flexibility index (Phi) is 5.91. The monoisotopic (exact) mass is 253 g/mol. The van der Waals surface area contributed by atoms with Crippen molar-refractivity contribution in [2.75, 3.05) is 17.6 Å². The van der Waals surface area contributed by atoms with Gasteiger partial charge in [-0.3, -0.25) is 4.79 Å². The van der Waals surface area contributed by atoms with E-state index in [1.807, 2.05) is 19.1 Å². The van der Waals surface area contributed by atoms with Gasteiger partial charge in [-0.25, -0.2) is 0 Å². The number of aliphatic carboxylic acids is 1. The van der Waals surface area contributed by atoms with Crippen LogP contribution in [0.3, 0.4) is 0 Å². The summed E-state index contributed by atoms with van der Waals surface area (Å²) in [6.45, 7) is 4.49. The molecule has 1 unspecified atom stereocenters. The Bertz CT molecular complexity index is 351. The summed E-state index contributed by atoms with van der Waals surface area (Å²) < 4.78 is 0. The van der Waals surface area contributed by atoms with Gasteiger partial charge in [0.25, 0.3) is 0 Å². The van der Waals surface area contributed by atoms with Crippen molar-refractivity contribution in [3.05, 3.63) is 24.3 Å². The lowest BCUT2D eigenvalue weighted by Gasteiger charge is -2.12. The van der Waals surface area contributed by atoms with Gasteiger partial charge in [-0.15, -0.1) is 11.8 Å². The summed E-state index contributed by atoms with van der Waals surface area (Å²) >= 11 is 1.80. The van der Waals surface area contributed by atoms with E-state index in [0.29, 0.717) is 13.0 Å². The summed E-state index contributed by atoms with van der Waals surface area (Å²) in [6.07, 6.45) is 0.645. The molecule has 0 aliphatic rings. The molecular weight excluding hydrogens is 234 g/mol. The van der Waals surface area contributed by atoms with Crippen molar-refractivity contribution in [3.8, 4) is 0 Å². The molecule has 0 heterocycles. The third-order valence-corrected chi connectivity index (χ3v) is 3.45. The molecule has 17 heavy (non-hydrogen) atoms. The highest BCUT2D eigenvalue weighted by Gasteiger charge is 2.13. The number of benzene rings is 1. The third kappa shape index (κ3) is 4.69. The average molecular weight is 253 g/mol. The van der Waals surface area contributed by atoms with Crippen molar-refractivity contribution in [2.24, 2.45) is 5.92 Å². The van der Waals surface area contributed by atoms with E-state index in [4.69, 9.17) is 5.11 Å². The van der Waals surface area contributed by atoms with E-state index in [1.54, 1.807) is 11.8 Å². The molecule has 0 bridgehead atoms. The number of hydrogen-bond acceptors (Lipinski definition) is 3. The van der Waals surface area contributed by atoms with Crippen molar-refractivity contribution in [1.82, 2.24) is 0 Å². The predicted molar refractivity (Wildman–Crippen MR) is 72.7 cm³/mol. The average Bonchev–Trinajstić information content (AvgIpc) is 2.32.